The van der Waals surface area contributed by atoms with E-state index in [1.807, 2.05) is 36.4 Å². The predicted molar refractivity (Wildman–Crippen MR) is 88.5 cm³/mol. The molecule has 0 aliphatic rings. The van der Waals surface area contributed by atoms with Gasteiger partial charge in [-0.3, -0.25) is 0 Å². The minimum atomic E-state index is -1.03. The first kappa shape index (κ1) is 15.6. The van der Waals surface area contributed by atoms with E-state index >= 15 is 0 Å². The topological polar surface area (TPSA) is 72.8 Å². The van der Waals surface area contributed by atoms with Crippen LogP contribution in [0.5, 0.6) is 11.5 Å². The number of carboxylic acid groups (broad SMARTS) is 1. The van der Waals surface area contributed by atoms with E-state index in [2.05, 4.69) is 0 Å². The minimum absolute atomic E-state index is 0.127. The average molecular weight is 322 g/mol. The molecule has 0 fully saturated rings. The molecule has 0 aromatic heterocycles. The maximum Gasteiger partial charge on any atom is 0.349 e. The Morgan fingerprint density at radius 3 is 2.21 bits per heavy atom. The third-order valence-corrected chi connectivity index (χ3v) is 3.41. The molecule has 5 heteroatoms. The summed E-state index contributed by atoms with van der Waals surface area (Å²) in [4.78, 5) is 22.6. The van der Waals surface area contributed by atoms with Gasteiger partial charge in [0, 0.05) is 0 Å². The van der Waals surface area contributed by atoms with Crippen LogP contribution in [0.25, 0.3) is 10.8 Å². The number of aromatic carboxylic acids is 1. The number of carbonyl (C=O) groups excluding carboxylic acids is 1. The molecule has 3 aromatic carbocycles. The first-order valence-corrected chi connectivity index (χ1v) is 7.27. The van der Waals surface area contributed by atoms with Gasteiger partial charge in [-0.05, 0) is 47.2 Å². The summed E-state index contributed by atoms with van der Waals surface area (Å²) in [6.07, 6.45) is 0. The lowest BCUT2D eigenvalue weighted by molar-refractivity contribution is -0.136. The molecule has 0 saturated carbocycles. The highest BCUT2D eigenvalue weighted by Crippen LogP contribution is 2.20. The van der Waals surface area contributed by atoms with Gasteiger partial charge in [0.15, 0.2) is 6.61 Å². The average Bonchev–Trinajstić information content (AvgIpc) is 2.60. The molecule has 0 aliphatic heterocycles. The second-order valence-corrected chi connectivity index (χ2v) is 5.10. The predicted octanol–water partition coefficient (Wildman–Crippen LogP) is 3.52. The van der Waals surface area contributed by atoms with Gasteiger partial charge in [-0.15, -0.1) is 0 Å². The van der Waals surface area contributed by atoms with Crippen LogP contribution in [0.3, 0.4) is 0 Å². The second kappa shape index (κ2) is 6.83. The molecule has 0 bridgehead atoms. The van der Waals surface area contributed by atoms with Crippen molar-refractivity contribution in [3.8, 4) is 11.5 Å². The summed E-state index contributed by atoms with van der Waals surface area (Å²) in [5.41, 5.74) is 0.127. The molecule has 5 nitrogen and oxygen atoms in total. The highest BCUT2D eigenvalue weighted by atomic mass is 16.6. The third-order valence-electron chi connectivity index (χ3n) is 3.41. The Labute approximate surface area is 138 Å². The summed E-state index contributed by atoms with van der Waals surface area (Å²) in [6, 6.07) is 19.0. The van der Waals surface area contributed by atoms with Gasteiger partial charge in [-0.25, -0.2) is 9.59 Å². The molecule has 3 aromatic rings. The van der Waals surface area contributed by atoms with Crippen molar-refractivity contribution in [1.82, 2.24) is 0 Å². The van der Waals surface area contributed by atoms with Gasteiger partial charge in [0.1, 0.15) is 11.5 Å². The molecular formula is C19H14O5. The lowest BCUT2D eigenvalue weighted by atomic mass is 10.1. The second-order valence-electron chi connectivity index (χ2n) is 5.10. The smallest absolute Gasteiger partial charge is 0.349 e. The molecule has 0 saturated heterocycles. The molecule has 120 valence electrons. The summed E-state index contributed by atoms with van der Waals surface area (Å²) < 4.78 is 10.5. The fourth-order valence-corrected chi connectivity index (χ4v) is 2.23. The fourth-order valence-electron chi connectivity index (χ4n) is 2.23. The normalized spacial score (nSPS) is 10.3. The number of carbonyl (C=O) groups is 2. The van der Waals surface area contributed by atoms with Crippen molar-refractivity contribution in [2.45, 2.75) is 0 Å². The number of benzene rings is 3. The summed E-state index contributed by atoms with van der Waals surface area (Å²) in [5, 5.41) is 10.9. The van der Waals surface area contributed by atoms with Crippen LogP contribution in [-0.2, 0) is 4.79 Å². The number of carboxylic acids is 1. The SMILES string of the molecule is O=C(COc1ccc2ccccc2c1)Oc1ccc(C(=O)O)cc1. The van der Waals surface area contributed by atoms with E-state index in [1.54, 1.807) is 6.07 Å². The fraction of sp³-hybridized carbons (Fsp3) is 0.0526. The maximum atomic E-state index is 11.8. The number of esters is 1. The molecule has 3 rings (SSSR count). The van der Waals surface area contributed by atoms with Crippen molar-refractivity contribution in [1.29, 1.82) is 0 Å². The summed E-state index contributed by atoms with van der Waals surface area (Å²) in [7, 11) is 0. The maximum absolute atomic E-state index is 11.8. The highest BCUT2D eigenvalue weighted by Gasteiger charge is 2.08. The van der Waals surface area contributed by atoms with Crippen molar-refractivity contribution in [2.75, 3.05) is 6.61 Å². The zero-order valence-corrected chi connectivity index (χ0v) is 12.6. The van der Waals surface area contributed by atoms with E-state index in [4.69, 9.17) is 14.6 Å². The number of ether oxygens (including phenoxy) is 2. The van der Waals surface area contributed by atoms with E-state index < -0.39 is 11.9 Å². The van der Waals surface area contributed by atoms with Gasteiger partial charge < -0.3 is 14.6 Å². The molecule has 0 unspecified atom stereocenters. The van der Waals surface area contributed by atoms with E-state index in [-0.39, 0.29) is 17.9 Å². The van der Waals surface area contributed by atoms with Crippen LogP contribution in [-0.4, -0.2) is 23.7 Å². The van der Waals surface area contributed by atoms with Crippen molar-refractivity contribution in [3.05, 3.63) is 72.3 Å². The minimum Gasteiger partial charge on any atom is -0.482 e. The largest absolute Gasteiger partial charge is 0.482 e. The molecule has 0 amide bonds. The Bertz CT molecular complexity index is 884. The number of hydrogen-bond acceptors (Lipinski definition) is 4. The Balaban J connectivity index is 1.59. The van der Waals surface area contributed by atoms with Crippen LogP contribution in [0, 0.1) is 0 Å². The van der Waals surface area contributed by atoms with E-state index in [9.17, 15) is 9.59 Å². The van der Waals surface area contributed by atoms with Crippen molar-refractivity contribution < 1.29 is 24.2 Å². The monoisotopic (exact) mass is 322 g/mol. The van der Waals surface area contributed by atoms with Crippen LogP contribution in [0.4, 0.5) is 0 Å². The Morgan fingerprint density at radius 2 is 1.50 bits per heavy atom. The van der Waals surface area contributed by atoms with E-state index in [0.29, 0.717) is 5.75 Å². The molecule has 0 heterocycles. The number of fused-ring (bicyclic) bond motifs is 1. The summed E-state index contributed by atoms with van der Waals surface area (Å²) in [6.45, 7) is -0.237. The zero-order chi connectivity index (χ0) is 16.9. The van der Waals surface area contributed by atoms with Crippen LogP contribution >= 0.6 is 0 Å². The molecular weight excluding hydrogens is 308 g/mol. The van der Waals surface area contributed by atoms with E-state index in [1.165, 1.54) is 24.3 Å². The number of rotatable bonds is 5. The first-order valence-electron chi connectivity index (χ1n) is 7.27. The van der Waals surface area contributed by atoms with Crippen LogP contribution < -0.4 is 9.47 Å². The first-order chi connectivity index (χ1) is 11.6. The molecule has 1 N–H and O–H groups in total. The molecule has 0 spiro atoms. The molecule has 0 radical (unpaired) electrons. The van der Waals surface area contributed by atoms with Gasteiger partial charge in [-0.1, -0.05) is 30.3 Å². The number of hydrogen-bond donors (Lipinski definition) is 1. The lowest BCUT2D eigenvalue weighted by Crippen LogP contribution is -2.17. The molecule has 24 heavy (non-hydrogen) atoms. The third kappa shape index (κ3) is 3.70. The van der Waals surface area contributed by atoms with Crippen molar-refractivity contribution in [2.24, 2.45) is 0 Å². The lowest BCUT2D eigenvalue weighted by Gasteiger charge is -2.08. The molecule has 0 atom stereocenters. The summed E-state index contributed by atoms with van der Waals surface area (Å²) >= 11 is 0. The van der Waals surface area contributed by atoms with Crippen LogP contribution in [0.2, 0.25) is 0 Å². The van der Waals surface area contributed by atoms with Crippen molar-refractivity contribution >= 4 is 22.7 Å². The van der Waals surface area contributed by atoms with Gasteiger partial charge >= 0.3 is 11.9 Å². The summed E-state index contributed by atoms with van der Waals surface area (Å²) in [5.74, 6) is -0.752. The Morgan fingerprint density at radius 1 is 0.833 bits per heavy atom. The van der Waals surface area contributed by atoms with Gasteiger partial charge in [0.05, 0.1) is 5.56 Å². The van der Waals surface area contributed by atoms with Crippen molar-refractivity contribution in [3.63, 3.8) is 0 Å². The highest BCUT2D eigenvalue weighted by molar-refractivity contribution is 5.87. The quantitative estimate of drug-likeness (QED) is 0.575. The van der Waals surface area contributed by atoms with Gasteiger partial charge in [0.2, 0.25) is 0 Å². The Kier molecular flexibility index (Phi) is 4.43. The van der Waals surface area contributed by atoms with Gasteiger partial charge in [-0.2, -0.15) is 0 Å². The standard InChI is InChI=1S/C19H14O5/c20-18(24-16-8-6-14(7-9-16)19(21)22)12-23-17-10-5-13-3-1-2-4-15(13)11-17/h1-11H,12H2,(H,21,22). The molecule has 0 aliphatic carbocycles. The zero-order valence-electron chi connectivity index (χ0n) is 12.6. The van der Waals surface area contributed by atoms with Crippen LogP contribution in [0.1, 0.15) is 10.4 Å². The van der Waals surface area contributed by atoms with E-state index in [0.717, 1.165) is 10.8 Å². The Hall–Kier alpha value is -3.34. The van der Waals surface area contributed by atoms with Crippen LogP contribution in [0.15, 0.2) is 66.7 Å². The van der Waals surface area contributed by atoms with Gasteiger partial charge in [0.25, 0.3) is 0 Å².